The highest BCUT2D eigenvalue weighted by Crippen LogP contribution is 2.27. The van der Waals surface area contributed by atoms with E-state index >= 15 is 0 Å². The molecule has 0 saturated heterocycles. The van der Waals surface area contributed by atoms with Gasteiger partial charge < -0.3 is 5.11 Å². The molecule has 0 radical (unpaired) electrons. The van der Waals surface area contributed by atoms with Gasteiger partial charge in [0.1, 0.15) is 0 Å². The number of benzene rings is 1. The lowest BCUT2D eigenvalue weighted by molar-refractivity contribution is -0.132. The summed E-state index contributed by atoms with van der Waals surface area (Å²) in [5.74, 6) is -0.930. The number of aliphatic carboxylic acids is 1. The molecule has 1 aliphatic carbocycles. The van der Waals surface area contributed by atoms with Gasteiger partial charge in [0.15, 0.2) is 0 Å². The Labute approximate surface area is 88.6 Å². The van der Waals surface area contributed by atoms with Gasteiger partial charge in [-0.05, 0) is 29.5 Å². The Morgan fingerprint density at radius 2 is 2.00 bits per heavy atom. The maximum absolute atomic E-state index is 10.8. The van der Waals surface area contributed by atoms with Gasteiger partial charge in [0.05, 0.1) is 5.57 Å². The fourth-order valence-corrected chi connectivity index (χ4v) is 1.81. The molecule has 1 aromatic rings. The van der Waals surface area contributed by atoms with E-state index in [-0.39, 0.29) is 5.57 Å². The smallest absolute Gasteiger partial charge is 0.335 e. The van der Waals surface area contributed by atoms with Crippen molar-refractivity contribution in [2.45, 2.75) is 12.8 Å². The van der Waals surface area contributed by atoms with Gasteiger partial charge in [-0.3, -0.25) is 0 Å². The van der Waals surface area contributed by atoms with Crippen LogP contribution in [0.1, 0.15) is 17.5 Å². The molecule has 1 aromatic carbocycles. The molecular weight excluding hydrogens is 188 g/mol. The van der Waals surface area contributed by atoms with Crippen LogP contribution in [-0.2, 0) is 11.2 Å². The average Bonchev–Trinajstić information content (AvgIpc) is 2.27. The summed E-state index contributed by atoms with van der Waals surface area (Å²) in [6.07, 6.45) is 3.59. The van der Waals surface area contributed by atoms with Crippen molar-refractivity contribution < 1.29 is 9.90 Å². The maximum Gasteiger partial charge on any atom is 0.335 e. The van der Waals surface area contributed by atoms with Crippen LogP contribution in [0, 0.1) is 0 Å². The Hall–Kier alpha value is -1.83. The van der Waals surface area contributed by atoms with Gasteiger partial charge in [0, 0.05) is 0 Å². The maximum atomic E-state index is 10.8. The van der Waals surface area contributed by atoms with Crippen molar-refractivity contribution in [3.8, 4) is 0 Å². The van der Waals surface area contributed by atoms with Crippen molar-refractivity contribution in [2.75, 3.05) is 0 Å². The summed E-state index contributed by atoms with van der Waals surface area (Å²) in [4.78, 5) is 10.8. The molecule has 2 rings (SSSR count). The van der Waals surface area contributed by atoms with Crippen molar-refractivity contribution in [1.82, 2.24) is 0 Å². The second kappa shape index (κ2) is 3.73. The van der Waals surface area contributed by atoms with Crippen LogP contribution in [0.15, 0.2) is 42.0 Å². The van der Waals surface area contributed by atoms with Gasteiger partial charge in [-0.15, -0.1) is 0 Å². The molecular formula is C13H12O2. The third kappa shape index (κ3) is 1.84. The van der Waals surface area contributed by atoms with E-state index in [4.69, 9.17) is 5.11 Å². The number of aryl methyl sites for hydroxylation is 1. The lowest BCUT2D eigenvalue weighted by Crippen LogP contribution is -2.06. The fraction of sp³-hybridized carbons (Fsp3) is 0.154. The summed E-state index contributed by atoms with van der Waals surface area (Å²) in [5.41, 5.74) is 3.44. The molecule has 2 nitrogen and oxygen atoms in total. The standard InChI is InChI=1S/C13H12O2/c1-9(13(14)15)11-7-6-10-4-2-3-5-12(10)8-11/h2-5,8H,1,6-7H2,(H,14,15). The molecule has 0 saturated carbocycles. The largest absolute Gasteiger partial charge is 0.478 e. The van der Waals surface area contributed by atoms with Crippen LogP contribution < -0.4 is 0 Å². The van der Waals surface area contributed by atoms with Crippen molar-refractivity contribution >= 4 is 12.0 Å². The normalized spacial score (nSPS) is 14.0. The molecule has 0 fully saturated rings. The van der Waals surface area contributed by atoms with E-state index in [2.05, 4.69) is 12.6 Å². The molecule has 1 aliphatic rings. The monoisotopic (exact) mass is 200 g/mol. The summed E-state index contributed by atoms with van der Waals surface area (Å²) in [7, 11) is 0. The van der Waals surface area contributed by atoms with Gasteiger partial charge in [-0.2, -0.15) is 0 Å². The number of hydrogen-bond acceptors (Lipinski definition) is 1. The highest BCUT2D eigenvalue weighted by atomic mass is 16.4. The molecule has 15 heavy (non-hydrogen) atoms. The Morgan fingerprint density at radius 3 is 2.73 bits per heavy atom. The summed E-state index contributed by atoms with van der Waals surface area (Å²) in [5, 5.41) is 8.84. The van der Waals surface area contributed by atoms with Crippen molar-refractivity contribution in [3.05, 3.63) is 53.1 Å². The summed E-state index contributed by atoms with van der Waals surface area (Å²) < 4.78 is 0. The van der Waals surface area contributed by atoms with Crippen molar-refractivity contribution in [1.29, 1.82) is 0 Å². The molecule has 76 valence electrons. The van der Waals surface area contributed by atoms with Gasteiger partial charge in [-0.1, -0.05) is 36.9 Å². The van der Waals surface area contributed by atoms with Crippen LogP contribution in [0.5, 0.6) is 0 Å². The van der Waals surface area contributed by atoms with Gasteiger partial charge >= 0.3 is 5.97 Å². The number of carbonyl (C=O) groups is 1. The minimum atomic E-state index is -0.930. The summed E-state index contributed by atoms with van der Waals surface area (Å²) >= 11 is 0. The summed E-state index contributed by atoms with van der Waals surface area (Å²) in [6, 6.07) is 8.04. The zero-order valence-electron chi connectivity index (χ0n) is 8.36. The lowest BCUT2D eigenvalue weighted by Gasteiger charge is -2.15. The Morgan fingerprint density at radius 1 is 1.27 bits per heavy atom. The van der Waals surface area contributed by atoms with E-state index in [1.807, 2.05) is 24.3 Å². The van der Waals surface area contributed by atoms with Crippen LogP contribution in [0.25, 0.3) is 6.08 Å². The van der Waals surface area contributed by atoms with E-state index in [0.29, 0.717) is 0 Å². The second-order valence-corrected chi connectivity index (χ2v) is 3.65. The Balaban J connectivity index is 2.37. The minimum Gasteiger partial charge on any atom is -0.478 e. The van der Waals surface area contributed by atoms with Crippen LogP contribution in [0.4, 0.5) is 0 Å². The van der Waals surface area contributed by atoms with E-state index in [9.17, 15) is 4.79 Å². The third-order valence-electron chi connectivity index (χ3n) is 2.69. The number of hydrogen-bond donors (Lipinski definition) is 1. The molecule has 0 spiro atoms. The number of carboxylic acids is 1. The Kier molecular flexibility index (Phi) is 2.42. The van der Waals surface area contributed by atoms with E-state index in [1.165, 1.54) is 5.56 Å². The van der Waals surface area contributed by atoms with Gasteiger partial charge in [0.2, 0.25) is 0 Å². The molecule has 0 atom stereocenters. The predicted octanol–water partition coefficient (Wildman–Crippen LogP) is 2.66. The van der Waals surface area contributed by atoms with Crippen molar-refractivity contribution in [2.24, 2.45) is 0 Å². The van der Waals surface area contributed by atoms with E-state index < -0.39 is 5.97 Å². The number of rotatable bonds is 2. The highest BCUT2D eigenvalue weighted by Gasteiger charge is 2.15. The first-order chi connectivity index (χ1) is 7.18. The molecule has 0 unspecified atom stereocenters. The third-order valence-corrected chi connectivity index (χ3v) is 2.69. The lowest BCUT2D eigenvalue weighted by atomic mass is 9.89. The summed E-state index contributed by atoms with van der Waals surface area (Å²) in [6.45, 7) is 3.58. The first kappa shape index (κ1) is 9.71. The first-order valence-electron chi connectivity index (χ1n) is 4.89. The van der Waals surface area contributed by atoms with Crippen molar-refractivity contribution in [3.63, 3.8) is 0 Å². The van der Waals surface area contributed by atoms with Crippen LogP contribution in [0.2, 0.25) is 0 Å². The SMILES string of the molecule is C=C(C(=O)O)C1=Cc2ccccc2CC1. The topological polar surface area (TPSA) is 37.3 Å². The molecule has 0 aliphatic heterocycles. The second-order valence-electron chi connectivity index (χ2n) is 3.65. The minimum absolute atomic E-state index is 0.213. The average molecular weight is 200 g/mol. The fourth-order valence-electron chi connectivity index (χ4n) is 1.81. The zero-order chi connectivity index (χ0) is 10.8. The van der Waals surface area contributed by atoms with Crippen LogP contribution in [-0.4, -0.2) is 11.1 Å². The quantitative estimate of drug-likeness (QED) is 0.745. The van der Waals surface area contributed by atoms with E-state index in [1.54, 1.807) is 0 Å². The number of carboxylic acid groups (broad SMARTS) is 1. The zero-order valence-corrected chi connectivity index (χ0v) is 8.36. The van der Waals surface area contributed by atoms with Gasteiger partial charge in [0.25, 0.3) is 0 Å². The van der Waals surface area contributed by atoms with Crippen LogP contribution in [0.3, 0.4) is 0 Å². The molecule has 1 N–H and O–H groups in total. The molecule has 0 aromatic heterocycles. The first-order valence-corrected chi connectivity index (χ1v) is 4.89. The highest BCUT2D eigenvalue weighted by molar-refractivity contribution is 5.93. The molecule has 0 amide bonds. The van der Waals surface area contributed by atoms with Gasteiger partial charge in [-0.25, -0.2) is 4.79 Å². The Bertz CT molecular complexity index is 455. The van der Waals surface area contributed by atoms with E-state index in [0.717, 1.165) is 24.0 Å². The number of fused-ring (bicyclic) bond motifs is 1. The predicted molar refractivity (Wildman–Crippen MR) is 59.5 cm³/mol. The molecule has 0 bridgehead atoms. The molecule has 0 heterocycles. The van der Waals surface area contributed by atoms with Crippen LogP contribution >= 0.6 is 0 Å². The molecule has 2 heteroatoms.